The molecule has 1 aliphatic rings. The van der Waals surface area contributed by atoms with Gasteiger partial charge in [-0.2, -0.15) is 0 Å². The molecule has 0 fully saturated rings. The number of halogens is 1. The zero-order valence-electron chi connectivity index (χ0n) is 9.94. The van der Waals surface area contributed by atoms with Crippen LogP contribution in [0, 0.1) is 5.82 Å². The number of amides is 1. The minimum atomic E-state index is -0.456. The van der Waals surface area contributed by atoms with Gasteiger partial charge in [-0.05, 0) is 23.8 Å². The fourth-order valence-corrected chi connectivity index (χ4v) is 2.23. The molecule has 1 heterocycles. The van der Waals surface area contributed by atoms with Gasteiger partial charge in [0.2, 0.25) is 5.91 Å². The average Bonchev–Trinajstić information content (AvgIpc) is 2.77. The van der Waals surface area contributed by atoms with Crippen LogP contribution in [-0.4, -0.2) is 11.7 Å². The smallest absolute Gasteiger partial charge is 0.228 e. The Hall–Kier alpha value is -2.49. The van der Waals surface area contributed by atoms with Crippen LogP contribution in [0.4, 0.5) is 10.1 Å². The normalized spacial score (nSPS) is 13.0. The van der Waals surface area contributed by atoms with Crippen LogP contribution in [0.3, 0.4) is 0 Å². The molecule has 0 saturated carbocycles. The summed E-state index contributed by atoms with van der Waals surface area (Å²) in [5, 5.41) is 2.68. The van der Waals surface area contributed by atoms with Crippen LogP contribution in [-0.2, 0) is 11.2 Å². The Morgan fingerprint density at radius 3 is 2.74 bits per heavy atom. The fourth-order valence-electron chi connectivity index (χ4n) is 2.23. The SMILES string of the molecule is O=C1Cc2cccc(C(=O)c3cccc(F)c3)c2N1. The number of fused-ring (bicyclic) bond motifs is 1. The summed E-state index contributed by atoms with van der Waals surface area (Å²) in [6.07, 6.45) is 0.277. The first-order valence-corrected chi connectivity index (χ1v) is 5.87. The Labute approximate surface area is 109 Å². The van der Waals surface area contributed by atoms with E-state index < -0.39 is 5.82 Å². The van der Waals surface area contributed by atoms with Gasteiger partial charge in [0.15, 0.2) is 5.78 Å². The molecule has 0 aromatic heterocycles. The van der Waals surface area contributed by atoms with E-state index in [1.54, 1.807) is 24.3 Å². The number of benzene rings is 2. The number of carbonyl (C=O) groups excluding carboxylic acids is 2. The Bertz CT molecular complexity index is 694. The van der Waals surface area contributed by atoms with Gasteiger partial charge in [0.05, 0.1) is 12.1 Å². The summed E-state index contributed by atoms with van der Waals surface area (Å²) in [7, 11) is 0. The first-order valence-electron chi connectivity index (χ1n) is 5.87. The van der Waals surface area contributed by atoms with Crippen molar-refractivity contribution >= 4 is 17.4 Å². The number of nitrogens with one attached hydrogen (secondary N) is 1. The third kappa shape index (κ3) is 2.01. The summed E-state index contributed by atoms with van der Waals surface area (Å²) in [5.74, 6) is -0.879. The molecule has 4 heteroatoms. The van der Waals surface area contributed by atoms with Gasteiger partial charge >= 0.3 is 0 Å². The van der Waals surface area contributed by atoms with Crippen LogP contribution in [0.2, 0.25) is 0 Å². The highest BCUT2D eigenvalue weighted by molar-refractivity contribution is 6.16. The third-order valence-corrected chi connectivity index (χ3v) is 3.10. The maximum absolute atomic E-state index is 13.2. The molecule has 0 saturated heterocycles. The van der Waals surface area contributed by atoms with Crippen molar-refractivity contribution in [1.82, 2.24) is 0 Å². The Balaban J connectivity index is 2.07. The number of carbonyl (C=O) groups is 2. The molecule has 1 amide bonds. The first kappa shape index (κ1) is 11.6. The van der Waals surface area contributed by atoms with Gasteiger partial charge in [-0.1, -0.05) is 24.3 Å². The fraction of sp³-hybridized carbons (Fsp3) is 0.0667. The maximum Gasteiger partial charge on any atom is 0.228 e. The first-order chi connectivity index (χ1) is 9.15. The Morgan fingerprint density at radius 1 is 1.16 bits per heavy atom. The van der Waals surface area contributed by atoms with Gasteiger partial charge in [-0.25, -0.2) is 4.39 Å². The van der Waals surface area contributed by atoms with E-state index in [9.17, 15) is 14.0 Å². The van der Waals surface area contributed by atoms with Crippen LogP contribution >= 0.6 is 0 Å². The van der Waals surface area contributed by atoms with E-state index >= 15 is 0 Å². The van der Waals surface area contributed by atoms with Gasteiger partial charge in [0, 0.05) is 11.1 Å². The van der Waals surface area contributed by atoms with E-state index in [1.165, 1.54) is 18.2 Å². The third-order valence-electron chi connectivity index (χ3n) is 3.10. The predicted molar refractivity (Wildman–Crippen MR) is 68.6 cm³/mol. The molecule has 0 unspecified atom stereocenters. The lowest BCUT2D eigenvalue weighted by atomic mass is 9.99. The van der Waals surface area contributed by atoms with Crippen molar-refractivity contribution in [2.75, 3.05) is 5.32 Å². The molecular weight excluding hydrogens is 245 g/mol. The number of hydrogen-bond donors (Lipinski definition) is 1. The second-order valence-electron chi connectivity index (χ2n) is 4.40. The second kappa shape index (κ2) is 4.31. The summed E-state index contributed by atoms with van der Waals surface area (Å²) < 4.78 is 13.2. The molecule has 0 bridgehead atoms. The lowest BCUT2D eigenvalue weighted by Gasteiger charge is -2.07. The van der Waals surface area contributed by atoms with Gasteiger partial charge in [-0.15, -0.1) is 0 Å². The Morgan fingerprint density at radius 2 is 1.95 bits per heavy atom. The van der Waals surface area contributed by atoms with Crippen LogP contribution in [0.15, 0.2) is 42.5 Å². The molecule has 94 valence electrons. The summed E-state index contributed by atoms with van der Waals surface area (Å²) in [6.45, 7) is 0. The van der Waals surface area contributed by atoms with E-state index in [0.29, 0.717) is 11.3 Å². The van der Waals surface area contributed by atoms with E-state index in [2.05, 4.69) is 5.32 Å². The summed E-state index contributed by atoms with van der Waals surface area (Å²) in [4.78, 5) is 23.7. The summed E-state index contributed by atoms with van der Waals surface area (Å²) in [6, 6.07) is 10.7. The number of hydrogen-bond acceptors (Lipinski definition) is 2. The molecule has 3 rings (SSSR count). The minimum Gasteiger partial charge on any atom is -0.325 e. The predicted octanol–water partition coefficient (Wildman–Crippen LogP) is 2.55. The van der Waals surface area contributed by atoms with Crippen molar-refractivity contribution in [3.05, 3.63) is 65.0 Å². The lowest BCUT2D eigenvalue weighted by Crippen LogP contribution is -2.08. The van der Waals surface area contributed by atoms with Gasteiger partial charge in [0.25, 0.3) is 0 Å². The van der Waals surface area contributed by atoms with Crippen LogP contribution < -0.4 is 5.32 Å². The van der Waals surface area contributed by atoms with Crippen molar-refractivity contribution < 1.29 is 14.0 Å². The van der Waals surface area contributed by atoms with Gasteiger partial charge < -0.3 is 5.32 Å². The molecule has 1 N–H and O–H groups in total. The highest BCUT2D eigenvalue weighted by Crippen LogP contribution is 2.28. The molecular formula is C15H10FNO2. The maximum atomic E-state index is 13.2. The van der Waals surface area contributed by atoms with E-state index in [1.807, 2.05) is 0 Å². The van der Waals surface area contributed by atoms with Gasteiger partial charge in [0.1, 0.15) is 5.82 Å². The van der Waals surface area contributed by atoms with Gasteiger partial charge in [-0.3, -0.25) is 9.59 Å². The molecule has 0 radical (unpaired) electrons. The molecule has 2 aromatic rings. The van der Waals surface area contributed by atoms with E-state index in [0.717, 1.165) is 5.56 Å². The number of para-hydroxylation sites is 1. The molecule has 1 aliphatic heterocycles. The highest BCUT2D eigenvalue weighted by Gasteiger charge is 2.23. The van der Waals surface area contributed by atoms with Crippen molar-refractivity contribution in [3.8, 4) is 0 Å². The quantitative estimate of drug-likeness (QED) is 0.838. The number of ketones is 1. The minimum absolute atomic E-state index is 0.130. The second-order valence-corrected chi connectivity index (χ2v) is 4.40. The zero-order valence-corrected chi connectivity index (χ0v) is 9.94. The number of rotatable bonds is 2. The van der Waals surface area contributed by atoms with Crippen molar-refractivity contribution in [2.24, 2.45) is 0 Å². The van der Waals surface area contributed by atoms with Crippen LogP contribution in [0.1, 0.15) is 21.5 Å². The van der Waals surface area contributed by atoms with E-state index in [-0.39, 0.29) is 23.7 Å². The van der Waals surface area contributed by atoms with Crippen molar-refractivity contribution in [3.63, 3.8) is 0 Å². The molecule has 19 heavy (non-hydrogen) atoms. The summed E-state index contributed by atoms with van der Waals surface area (Å²) in [5.41, 5.74) is 2.01. The molecule has 2 aromatic carbocycles. The lowest BCUT2D eigenvalue weighted by molar-refractivity contribution is -0.115. The highest BCUT2D eigenvalue weighted by atomic mass is 19.1. The molecule has 0 atom stereocenters. The zero-order chi connectivity index (χ0) is 13.4. The standard InChI is InChI=1S/C15H10FNO2/c16-11-5-1-4-10(7-11)15(19)12-6-2-3-9-8-13(18)17-14(9)12/h1-7H,8H2,(H,17,18). The van der Waals surface area contributed by atoms with Crippen molar-refractivity contribution in [2.45, 2.75) is 6.42 Å². The monoisotopic (exact) mass is 255 g/mol. The topological polar surface area (TPSA) is 46.2 Å². The average molecular weight is 255 g/mol. The van der Waals surface area contributed by atoms with Crippen LogP contribution in [0.5, 0.6) is 0 Å². The Kier molecular flexibility index (Phi) is 2.63. The summed E-state index contributed by atoms with van der Waals surface area (Å²) >= 11 is 0. The van der Waals surface area contributed by atoms with Crippen molar-refractivity contribution in [1.29, 1.82) is 0 Å². The van der Waals surface area contributed by atoms with Crippen LogP contribution in [0.25, 0.3) is 0 Å². The molecule has 3 nitrogen and oxygen atoms in total. The molecule has 0 aliphatic carbocycles. The molecule has 0 spiro atoms. The van der Waals surface area contributed by atoms with E-state index in [4.69, 9.17) is 0 Å². The number of anilines is 1. The largest absolute Gasteiger partial charge is 0.325 e.